The summed E-state index contributed by atoms with van der Waals surface area (Å²) in [6.07, 6.45) is 4.94. The highest BCUT2D eigenvalue weighted by Crippen LogP contribution is 2.15. The summed E-state index contributed by atoms with van der Waals surface area (Å²) in [5.41, 5.74) is 2.14. The molecule has 1 aliphatic rings. The van der Waals surface area contributed by atoms with E-state index in [4.69, 9.17) is 0 Å². The number of carbonyl (C=O) groups is 1. The third kappa shape index (κ3) is 4.77. The van der Waals surface area contributed by atoms with Gasteiger partial charge in [0, 0.05) is 49.2 Å². The molecule has 1 saturated heterocycles. The number of benzene rings is 1. The van der Waals surface area contributed by atoms with Gasteiger partial charge < -0.3 is 5.32 Å². The topological polar surface area (TPSA) is 62.5 Å². The van der Waals surface area contributed by atoms with Gasteiger partial charge in [-0.25, -0.2) is 0 Å². The van der Waals surface area contributed by atoms with Crippen LogP contribution in [-0.2, 0) is 17.8 Å². The van der Waals surface area contributed by atoms with Gasteiger partial charge in [-0.3, -0.25) is 14.1 Å². The van der Waals surface area contributed by atoms with Gasteiger partial charge in [0.25, 0.3) is 0 Å². The van der Waals surface area contributed by atoms with Crippen molar-refractivity contribution < 1.29 is 4.79 Å². The summed E-state index contributed by atoms with van der Waals surface area (Å²) in [6.45, 7) is 3.02. The number of piperidine rings is 1. The van der Waals surface area contributed by atoms with Crippen molar-refractivity contribution in [3.05, 3.63) is 64.5 Å². The van der Waals surface area contributed by atoms with Crippen LogP contribution in [0.1, 0.15) is 30.7 Å². The van der Waals surface area contributed by atoms with Gasteiger partial charge in [0.05, 0.1) is 0 Å². The molecule has 0 atom stereocenters. The summed E-state index contributed by atoms with van der Waals surface area (Å²) in [4.78, 5) is 14.8. The number of hydrogen-bond donors (Lipinski definition) is 1. The van der Waals surface area contributed by atoms with Gasteiger partial charge in [0.15, 0.2) is 5.65 Å². The maximum atomic E-state index is 12.4. The molecule has 1 N–H and O–H groups in total. The van der Waals surface area contributed by atoms with Crippen molar-refractivity contribution in [1.82, 2.24) is 24.8 Å². The van der Waals surface area contributed by atoms with Crippen molar-refractivity contribution in [3.63, 3.8) is 0 Å². The van der Waals surface area contributed by atoms with E-state index in [0.29, 0.717) is 12.8 Å². The van der Waals surface area contributed by atoms with Crippen LogP contribution in [-0.4, -0.2) is 44.5 Å². The molecular weight excluding hydrogens is 418 g/mol. The van der Waals surface area contributed by atoms with Gasteiger partial charge >= 0.3 is 0 Å². The number of likely N-dealkylation sites (tertiary alicyclic amines) is 1. The Hall–Kier alpha value is -2.25. The number of aromatic nitrogens is 3. The van der Waals surface area contributed by atoms with E-state index < -0.39 is 0 Å². The zero-order chi connectivity index (χ0) is 19.3. The number of pyridine rings is 1. The number of hydrogen-bond acceptors (Lipinski definition) is 4. The summed E-state index contributed by atoms with van der Waals surface area (Å²) in [6, 6.07) is 14.7. The molecule has 1 amide bonds. The van der Waals surface area contributed by atoms with Crippen molar-refractivity contribution in [2.24, 2.45) is 0 Å². The molecule has 3 aromatic rings. The zero-order valence-corrected chi connectivity index (χ0v) is 17.3. The molecule has 7 heteroatoms. The number of aryl methyl sites for hydroxylation is 1. The Morgan fingerprint density at radius 2 is 1.89 bits per heavy atom. The molecular formula is C21H24BrN5O. The minimum absolute atomic E-state index is 0.0910. The summed E-state index contributed by atoms with van der Waals surface area (Å²) >= 11 is 3.46. The molecule has 0 aliphatic carbocycles. The Morgan fingerprint density at radius 1 is 1.11 bits per heavy atom. The van der Waals surface area contributed by atoms with Crippen LogP contribution in [0.5, 0.6) is 0 Å². The maximum Gasteiger partial charge on any atom is 0.220 e. The van der Waals surface area contributed by atoms with Crippen LogP contribution in [0.2, 0.25) is 0 Å². The molecule has 0 saturated carbocycles. The molecule has 28 heavy (non-hydrogen) atoms. The lowest BCUT2D eigenvalue weighted by molar-refractivity contribution is -0.122. The molecule has 146 valence electrons. The quantitative estimate of drug-likeness (QED) is 0.637. The van der Waals surface area contributed by atoms with E-state index in [2.05, 4.69) is 60.6 Å². The summed E-state index contributed by atoms with van der Waals surface area (Å²) in [7, 11) is 0. The first kappa shape index (κ1) is 19.1. The summed E-state index contributed by atoms with van der Waals surface area (Å²) in [5.74, 6) is 0.900. The van der Waals surface area contributed by atoms with Gasteiger partial charge in [0.1, 0.15) is 5.82 Å². The van der Waals surface area contributed by atoms with E-state index >= 15 is 0 Å². The van der Waals surface area contributed by atoms with Crippen LogP contribution in [0.15, 0.2) is 53.1 Å². The van der Waals surface area contributed by atoms with Crippen LogP contribution < -0.4 is 5.32 Å². The van der Waals surface area contributed by atoms with Crippen LogP contribution in [0.3, 0.4) is 0 Å². The van der Waals surface area contributed by atoms with Crippen LogP contribution >= 0.6 is 15.9 Å². The first-order chi connectivity index (χ1) is 13.7. The molecule has 0 unspecified atom stereocenters. The number of nitrogens with one attached hydrogen (secondary N) is 1. The fraction of sp³-hybridized carbons (Fsp3) is 0.381. The molecule has 6 nitrogen and oxygen atoms in total. The average Bonchev–Trinajstić information content (AvgIpc) is 3.11. The normalized spacial score (nSPS) is 15.8. The van der Waals surface area contributed by atoms with Crippen LogP contribution in [0, 0.1) is 0 Å². The van der Waals surface area contributed by atoms with E-state index in [1.165, 1.54) is 5.56 Å². The van der Waals surface area contributed by atoms with Crippen LogP contribution in [0.25, 0.3) is 5.65 Å². The predicted molar refractivity (Wildman–Crippen MR) is 112 cm³/mol. The van der Waals surface area contributed by atoms with Crippen molar-refractivity contribution >= 4 is 27.5 Å². The van der Waals surface area contributed by atoms with Gasteiger partial charge in [-0.15, -0.1) is 10.2 Å². The van der Waals surface area contributed by atoms with E-state index in [-0.39, 0.29) is 11.9 Å². The lowest BCUT2D eigenvalue weighted by atomic mass is 10.0. The molecule has 4 rings (SSSR count). The second-order valence-electron chi connectivity index (χ2n) is 7.30. The lowest BCUT2D eigenvalue weighted by Gasteiger charge is -2.32. The molecule has 2 aromatic heterocycles. The Kier molecular flexibility index (Phi) is 6.02. The minimum atomic E-state index is 0.0910. The number of halogens is 1. The molecule has 0 radical (unpaired) electrons. The zero-order valence-electron chi connectivity index (χ0n) is 15.7. The maximum absolute atomic E-state index is 12.4. The Bertz CT molecular complexity index is 934. The summed E-state index contributed by atoms with van der Waals surface area (Å²) < 4.78 is 2.90. The van der Waals surface area contributed by atoms with Gasteiger partial charge in [-0.2, -0.15) is 0 Å². The lowest BCUT2D eigenvalue weighted by Crippen LogP contribution is -2.44. The molecule has 1 aliphatic heterocycles. The first-order valence-electron chi connectivity index (χ1n) is 9.72. The highest BCUT2D eigenvalue weighted by molar-refractivity contribution is 9.10. The Morgan fingerprint density at radius 3 is 2.68 bits per heavy atom. The van der Waals surface area contributed by atoms with Gasteiger partial charge in [0.2, 0.25) is 5.91 Å². The number of amides is 1. The molecule has 3 heterocycles. The predicted octanol–water partition coefficient (Wildman–Crippen LogP) is 3.21. The van der Waals surface area contributed by atoms with Crippen molar-refractivity contribution in [2.45, 2.75) is 38.3 Å². The number of rotatable bonds is 6. The SMILES string of the molecule is O=C(CCc1nnc2ccc(Br)cn12)NC1CCN(Cc2ccccc2)CC1. The number of fused-ring (bicyclic) bond motifs is 1. The Labute approximate surface area is 173 Å². The highest BCUT2D eigenvalue weighted by atomic mass is 79.9. The van der Waals surface area contributed by atoms with E-state index in [9.17, 15) is 4.79 Å². The Balaban J connectivity index is 1.23. The van der Waals surface area contributed by atoms with Crippen LogP contribution in [0.4, 0.5) is 0 Å². The monoisotopic (exact) mass is 441 g/mol. The average molecular weight is 442 g/mol. The van der Waals surface area contributed by atoms with Crippen molar-refractivity contribution in [3.8, 4) is 0 Å². The first-order valence-corrected chi connectivity index (χ1v) is 10.5. The van der Waals surface area contributed by atoms with E-state index in [1.54, 1.807) is 0 Å². The fourth-order valence-electron chi connectivity index (χ4n) is 3.68. The van der Waals surface area contributed by atoms with Gasteiger partial charge in [-0.1, -0.05) is 30.3 Å². The standard InChI is InChI=1S/C21H24BrN5O/c22-17-6-7-19-24-25-20(27(19)15-17)8-9-21(28)23-18-10-12-26(13-11-18)14-16-4-2-1-3-5-16/h1-7,15,18H,8-14H2,(H,23,28). The molecule has 1 aromatic carbocycles. The minimum Gasteiger partial charge on any atom is -0.353 e. The second kappa shape index (κ2) is 8.84. The van der Waals surface area contributed by atoms with Crippen molar-refractivity contribution in [1.29, 1.82) is 0 Å². The van der Waals surface area contributed by atoms with E-state index in [1.807, 2.05) is 28.8 Å². The number of nitrogens with zero attached hydrogens (tertiary/aromatic N) is 4. The highest BCUT2D eigenvalue weighted by Gasteiger charge is 2.21. The smallest absolute Gasteiger partial charge is 0.220 e. The van der Waals surface area contributed by atoms with Gasteiger partial charge in [-0.05, 0) is 46.5 Å². The molecule has 1 fully saturated rings. The third-order valence-corrected chi connectivity index (χ3v) is 5.68. The molecule has 0 bridgehead atoms. The fourth-order valence-corrected chi connectivity index (χ4v) is 4.02. The molecule has 0 spiro atoms. The third-order valence-electron chi connectivity index (χ3n) is 5.21. The van der Waals surface area contributed by atoms with E-state index in [0.717, 1.165) is 48.4 Å². The van der Waals surface area contributed by atoms with Crippen molar-refractivity contribution in [2.75, 3.05) is 13.1 Å². The second-order valence-corrected chi connectivity index (χ2v) is 8.21. The summed E-state index contributed by atoms with van der Waals surface area (Å²) in [5, 5.41) is 11.6. The number of carbonyl (C=O) groups excluding carboxylic acids is 1. The largest absolute Gasteiger partial charge is 0.353 e.